The SMILES string of the molecule is CCC(N)(CC)CNC(=O)c1ccccc1SCc1csc(C)n1.Cl.Cl. The van der Waals surface area contributed by atoms with Crippen LogP contribution >= 0.6 is 47.9 Å². The molecule has 0 unspecified atom stereocenters. The summed E-state index contributed by atoms with van der Waals surface area (Å²) in [6, 6.07) is 7.69. The molecule has 8 heteroatoms. The maximum absolute atomic E-state index is 12.6. The van der Waals surface area contributed by atoms with E-state index in [1.807, 2.05) is 31.2 Å². The van der Waals surface area contributed by atoms with E-state index >= 15 is 0 Å². The van der Waals surface area contributed by atoms with Gasteiger partial charge < -0.3 is 11.1 Å². The molecule has 1 aromatic carbocycles. The maximum atomic E-state index is 12.6. The number of nitrogens with two attached hydrogens (primary N) is 1. The minimum absolute atomic E-state index is 0. The Kier molecular flexibility index (Phi) is 11.5. The molecule has 1 aromatic heterocycles. The number of carbonyl (C=O) groups excluding carboxylic acids is 1. The molecular formula is C18H27Cl2N3OS2. The molecule has 0 atom stereocenters. The van der Waals surface area contributed by atoms with Gasteiger partial charge in [0.1, 0.15) is 0 Å². The molecule has 0 fully saturated rings. The van der Waals surface area contributed by atoms with Crippen molar-refractivity contribution in [1.29, 1.82) is 0 Å². The molecule has 1 heterocycles. The Bertz CT molecular complexity index is 691. The average Bonchev–Trinajstić information content (AvgIpc) is 3.03. The highest BCUT2D eigenvalue weighted by molar-refractivity contribution is 7.98. The van der Waals surface area contributed by atoms with E-state index in [2.05, 4.69) is 29.5 Å². The number of carbonyl (C=O) groups is 1. The highest BCUT2D eigenvalue weighted by atomic mass is 35.5. The topological polar surface area (TPSA) is 68.0 Å². The highest BCUT2D eigenvalue weighted by Gasteiger charge is 2.22. The van der Waals surface area contributed by atoms with Crippen LogP contribution in [0.5, 0.6) is 0 Å². The van der Waals surface area contributed by atoms with E-state index in [-0.39, 0.29) is 36.3 Å². The Balaban J connectivity index is 0.00000312. The standard InChI is InChI=1S/C18H25N3OS2.2ClH/c1-4-18(19,5-2)12-20-17(22)15-8-6-7-9-16(15)24-11-14-10-23-13(3)21-14;;/h6-10H,4-5,11-12,19H2,1-3H3,(H,20,22);2*1H. The molecule has 3 N–H and O–H groups in total. The van der Waals surface area contributed by atoms with E-state index < -0.39 is 0 Å². The number of aryl methyl sites for hydroxylation is 1. The van der Waals surface area contributed by atoms with E-state index in [0.29, 0.717) is 12.1 Å². The first-order valence-electron chi connectivity index (χ1n) is 8.17. The van der Waals surface area contributed by atoms with Gasteiger partial charge in [-0.25, -0.2) is 4.98 Å². The smallest absolute Gasteiger partial charge is 0.252 e. The van der Waals surface area contributed by atoms with Crippen LogP contribution in [0.4, 0.5) is 0 Å². The fraction of sp³-hybridized carbons (Fsp3) is 0.444. The lowest BCUT2D eigenvalue weighted by Gasteiger charge is -2.27. The van der Waals surface area contributed by atoms with Crippen LogP contribution in [0.1, 0.15) is 47.7 Å². The second kappa shape index (κ2) is 11.8. The predicted octanol–water partition coefficient (Wildman–Crippen LogP) is 4.83. The van der Waals surface area contributed by atoms with Crippen LogP contribution in [0.2, 0.25) is 0 Å². The number of aromatic nitrogens is 1. The number of amides is 1. The van der Waals surface area contributed by atoms with Gasteiger partial charge in [-0.3, -0.25) is 4.79 Å². The average molecular weight is 436 g/mol. The first-order valence-corrected chi connectivity index (χ1v) is 10.0. The van der Waals surface area contributed by atoms with Gasteiger partial charge in [-0.15, -0.1) is 47.9 Å². The minimum atomic E-state index is -0.337. The Morgan fingerprint density at radius 3 is 2.50 bits per heavy atom. The Labute approximate surface area is 176 Å². The summed E-state index contributed by atoms with van der Waals surface area (Å²) in [6.07, 6.45) is 1.67. The molecule has 26 heavy (non-hydrogen) atoms. The van der Waals surface area contributed by atoms with Gasteiger partial charge in [-0.2, -0.15) is 0 Å². The molecule has 1 amide bonds. The van der Waals surface area contributed by atoms with Crippen molar-refractivity contribution >= 4 is 53.8 Å². The van der Waals surface area contributed by atoms with Gasteiger partial charge in [0.2, 0.25) is 0 Å². The summed E-state index contributed by atoms with van der Waals surface area (Å²) in [5.41, 5.74) is 7.68. The number of hydrogen-bond donors (Lipinski definition) is 2. The fourth-order valence-corrected chi connectivity index (χ4v) is 3.92. The summed E-state index contributed by atoms with van der Waals surface area (Å²) >= 11 is 3.29. The van der Waals surface area contributed by atoms with E-state index in [0.717, 1.165) is 34.2 Å². The summed E-state index contributed by atoms with van der Waals surface area (Å²) < 4.78 is 0. The number of thioether (sulfide) groups is 1. The van der Waals surface area contributed by atoms with Crippen LogP contribution in [-0.4, -0.2) is 23.0 Å². The number of halogens is 2. The summed E-state index contributed by atoms with van der Waals surface area (Å²) in [5.74, 6) is 0.698. The van der Waals surface area contributed by atoms with Gasteiger partial charge in [0.15, 0.2) is 0 Å². The second-order valence-corrected chi connectivity index (χ2v) is 7.97. The van der Waals surface area contributed by atoms with Crippen molar-refractivity contribution in [3.05, 3.63) is 45.9 Å². The summed E-state index contributed by atoms with van der Waals surface area (Å²) in [6.45, 7) is 6.59. The van der Waals surface area contributed by atoms with Crippen molar-refractivity contribution in [2.75, 3.05) is 6.54 Å². The molecule has 2 aromatic rings. The number of nitrogens with one attached hydrogen (secondary N) is 1. The van der Waals surface area contributed by atoms with Crippen LogP contribution in [0.3, 0.4) is 0 Å². The van der Waals surface area contributed by atoms with Crippen LogP contribution in [-0.2, 0) is 5.75 Å². The minimum Gasteiger partial charge on any atom is -0.350 e. The van der Waals surface area contributed by atoms with Gasteiger partial charge in [0, 0.05) is 28.1 Å². The summed E-state index contributed by atoms with van der Waals surface area (Å²) in [4.78, 5) is 18.0. The zero-order valence-electron chi connectivity index (χ0n) is 15.3. The third-order valence-corrected chi connectivity index (χ3v) is 6.11. The molecule has 0 aliphatic carbocycles. The highest BCUT2D eigenvalue weighted by Crippen LogP contribution is 2.27. The number of benzene rings is 1. The van der Waals surface area contributed by atoms with Crippen molar-refractivity contribution in [2.45, 2.75) is 49.8 Å². The lowest BCUT2D eigenvalue weighted by molar-refractivity contribution is 0.0939. The monoisotopic (exact) mass is 435 g/mol. The van der Waals surface area contributed by atoms with Crippen LogP contribution < -0.4 is 11.1 Å². The first kappa shape index (κ1) is 25.2. The third kappa shape index (κ3) is 7.08. The van der Waals surface area contributed by atoms with Gasteiger partial charge in [-0.05, 0) is 31.9 Å². The molecule has 146 valence electrons. The number of hydrogen-bond acceptors (Lipinski definition) is 5. The van der Waals surface area contributed by atoms with Crippen molar-refractivity contribution in [3.8, 4) is 0 Å². The maximum Gasteiger partial charge on any atom is 0.252 e. The quantitative estimate of drug-likeness (QED) is 0.582. The van der Waals surface area contributed by atoms with E-state index in [4.69, 9.17) is 5.73 Å². The van der Waals surface area contributed by atoms with Crippen molar-refractivity contribution in [3.63, 3.8) is 0 Å². The van der Waals surface area contributed by atoms with Crippen molar-refractivity contribution < 1.29 is 4.79 Å². The first-order chi connectivity index (χ1) is 11.5. The van der Waals surface area contributed by atoms with E-state index in [1.165, 1.54) is 0 Å². The van der Waals surface area contributed by atoms with Crippen molar-refractivity contribution in [2.24, 2.45) is 5.73 Å². The Hall–Kier alpha value is -0.790. The van der Waals surface area contributed by atoms with Gasteiger partial charge >= 0.3 is 0 Å². The molecule has 0 bridgehead atoms. The van der Waals surface area contributed by atoms with Gasteiger partial charge in [0.25, 0.3) is 5.91 Å². The molecule has 0 radical (unpaired) electrons. The summed E-state index contributed by atoms with van der Waals surface area (Å²) in [7, 11) is 0. The zero-order chi connectivity index (χ0) is 17.6. The molecular weight excluding hydrogens is 409 g/mol. The fourth-order valence-electron chi connectivity index (χ4n) is 2.26. The van der Waals surface area contributed by atoms with Gasteiger partial charge in [-0.1, -0.05) is 26.0 Å². The molecule has 2 rings (SSSR count). The Morgan fingerprint density at radius 1 is 1.27 bits per heavy atom. The Morgan fingerprint density at radius 2 is 1.92 bits per heavy atom. The van der Waals surface area contributed by atoms with Crippen LogP contribution in [0, 0.1) is 6.92 Å². The lowest BCUT2D eigenvalue weighted by Crippen LogP contribution is -2.49. The lowest BCUT2D eigenvalue weighted by atomic mass is 9.94. The van der Waals surface area contributed by atoms with Crippen molar-refractivity contribution in [1.82, 2.24) is 10.3 Å². The predicted molar refractivity (Wildman–Crippen MR) is 117 cm³/mol. The zero-order valence-corrected chi connectivity index (χ0v) is 18.5. The molecule has 0 saturated heterocycles. The largest absolute Gasteiger partial charge is 0.350 e. The van der Waals surface area contributed by atoms with E-state index in [9.17, 15) is 4.79 Å². The molecule has 0 saturated carbocycles. The van der Waals surface area contributed by atoms with E-state index in [1.54, 1.807) is 23.1 Å². The number of nitrogens with zero attached hydrogens (tertiary/aromatic N) is 1. The van der Waals surface area contributed by atoms with Gasteiger partial charge in [0.05, 0.1) is 16.3 Å². The molecule has 0 aliphatic rings. The second-order valence-electron chi connectivity index (χ2n) is 5.89. The molecule has 0 aliphatic heterocycles. The summed E-state index contributed by atoms with van der Waals surface area (Å²) in [5, 5.41) is 6.12. The van der Waals surface area contributed by atoms with Crippen LogP contribution in [0.25, 0.3) is 0 Å². The number of thiazole rings is 1. The normalized spacial score (nSPS) is 10.6. The third-order valence-electron chi connectivity index (χ3n) is 4.18. The molecule has 4 nitrogen and oxygen atoms in total. The molecule has 0 spiro atoms. The number of rotatable bonds is 8. The van der Waals surface area contributed by atoms with Crippen LogP contribution in [0.15, 0.2) is 34.5 Å².